The second-order valence-corrected chi connectivity index (χ2v) is 9.41. The van der Waals surface area contributed by atoms with Gasteiger partial charge in [0.05, 0.1) is 0 Å². The van der Waals surface area contributed by atoms with Crippen LogP contribution in [0.1, 0.15) is 15.9 Å². The summed E-state index contributed by atoms with van der Waals surface area (Å²) in [5, 5.41) is 5.06. The lowest BCUT2D eigenvalue weighted by molar-refractivity contribution is 0.0981. The van der Waals surface area contributed by atoms with Crippen LogP contribution in [0.4, 0.5) is 0 Å². The van der Waals surface area contributed by atoms with Gasteiger partial charge in [-0.2, -0.15) is 0 Å². The molecule has 0 fully saturated rings. The number of carbonyl (C=O) groups is 1. The van der Waals surface area contributed by atoms with Crippen molar-refractivity contribution < 1.29 is 26.4 Å². The molecule has 3 rings (SSSR count). The number of rotatable bonds is 7. The van der Waals surface area contributed by atoms with Gasteiger partial charge in [-0.15, -0.1) is 0 Å². The Morgan fingerprint density at radius 2 is 1.37 bits per heavy atom. The average Bonchev–Trinajstić information content (AvgIpc) is 2.72. The van der Waals surface area contributed by atoms with Crippen molar-refractivity contribution in [3.05, 3.63) is 90.0 Å². The van der Waals surface area contributed by atoms with Crippen molar-refractivity contribution in [2.24, 2.45) is 5.14 Å². The number of primary sulfonamides is 1. The minimum absolute atomic E-state index is 0.0544. The Bertz CT molecular complexity index is 1260. The van der Waals surface area contributed by atoms with Crippen LogP contribution in [0.25, 0.3) is 0 Å². The number of benzene rings is 3. The Morgan fingerprint density at radius 3 is 1.97 bits per heavy atom. The highest BCUT2D eigenvalue weighted by Gasteiger charge is 2.26. The maximum Gasteiger partial charge on any atom is 0.265 e. The van der Waals surface area contributed by atoms with Crippen LogP contribution in [0.5, 0.6) is 5.75 Å². The van der Waals surface area contributed by atoms with E-state index in [0.29, 0.717) is 12.4 Å². The zero-order chi connectivity index (χ0) is 21.8. The van der Waals surface area contributed by atoms with Crippen molar-refractivity contribution in [3.63, 3.8) is 0 Å². The van der Waals surface area contributed by atoms with Crippen molar-refractivity contribution >= 4 is 26.0 Å². The van der Waals surface area contributed by atoms with E-state index in [0.717, 1.165) is 17.7 Å². The van der Waals surface area contributed by atoms with Gasteiger partial charge in [0.1, 0.15) is 22.1 Å². The van der Waals surface area contributed by atoms with E-state index in [-0.39, 0.29) is 5.56 Å². The standard InChI is InChI=1S/C20H18N2O6S2/c21-29(24,25)18-8-4-5-9-19(18)30(26,27)22-20(23)16-10-12-17(13-11-16)28-14-15-6-2-1-3-7-15/h1-13H,14H2,(H,22,23)(H2,21,24,25). The molecule has 30 heavy (non-hydrogen) atoms. The van der Waals surface area contributed by atoms with Crippen molar-refractivity contribution in [1.82, 2.24) is 4.72 Å². The monoisotopic (exact) mass is 446 g/mol. The molecule has 3 N–H and O–H groups in total. The molecule has 3 aromatic rings. The first-order valence-corrected chi connectivity index (χ1v) is 11.7. The number of sulfonamides is 2. The van der Waals surface area contributed by atoms with Crippen molar-refractivity contribution in [3.8, 4) is 5.75 Å². The molecular formula is C20H18N2O6S2. The molecule has 8 nitrogen and oxygen atoms in total. The van der Waals surface area contributed by atoms with Gasteiger partial charge in [-0.1, -0.05) is 42.5 Å². The predicted octanol–water partition coefficient (Wildman–Crippen LogP) is 2.03. The number of hydrogen-bond acceptors (Lipinski definition) is 6. The Balaban J connectivity index is 1.73. The zero-order valence-electron chi connectivity index (χ0n) is 15.6. The average molecular weight is 447 g/mol. The number of ether oxygens (including phenoxy) is 1. The Morgan fingerprint density at radius 1 is 0.800 bits per heavy atom. The van der Waals surface area contributed by atoms with Crippen molar-refractivity contribution in [1.29, 1.82) is 0 Å². The molecule has 0 aliphatic rings. The van der Waals surface area contributed by atoms with Crippen LogP contribution < -0.4 is 14.6 Å². The van der Waals surface area contributed by atoms with E-state index in [1.54, 1.807) is 0 Å². The summed E-state index contributed by atoms with van der Waals surface area (Å²) in [6.45, 7) is 0.338. The lowest BCUT2D eigenvalue weighted by Gasteiger charge is -2.11. The predicted molar refractivity (Wildman–Crippen MR) is 110 cm³/mol. The molecule has 0 aromatic heterocycles. The first-order chi connectivity index (χ1) is 14.2. The lowest BCUT2D eigenvalue weighted by atomic mass is 10.2. The third-order valence-electron chi connectivity index (χ3n) is 4.04. The highest BCUT2D eigenvalue weighted by Crippen LogP contribution is 2.20. The molecule has 3 aromatic carbocycles. The van der Waals surface area contributed by atoms with Crippen molar-refractivity contribution in [2.75, 3.05) is 0 Å². The summed E-state index contributed by atoms with van der Waals surface area (Å²) in [6, 6.07) is 20.1. The Kier molecular flexibility index (Phi) is 6.20. The summed E-state index contributed by atoms with van der Waals surface area (Å²) in [7, 11) is -8.77. The fourth-order valence-corrected chi connectivity index (χ4v) is 4.94. The summed E-state index contributed by atoms with van der Waals surface area (Å²) in [5.41, 5.74) is 1.03. The highest BCUT2D eigenvalue weighted by atomic mass is 32.2. The van der Waals surface area contributed by atoms with E-state index in [9.17, 15) is 21.6 Å². The third-order valence-corrected chi connectivity index (χ3v) is 6.52. The molecular weight excluding hydrogens is 428 g/mol. The topological polar surface area (TPSA) is 133 Å². The quantitative estimate of drug-likeness (QED) is 0.571. The number of hydrogen-bond donors (Lipinski definition) is 2. The highest BCUT2D eigenvalue weighted by molar-refractivity contribution is 7.92. The van der Waals surface area contributed by atoms with Gasteiger partial charge in [0.2, 0.25) is 10.0 Å². The zero-order valence-corrected chi connectivity index (χ0v) is 17.2. The van der Waals surface area contributed by atoms with E-state index in [4.69, 9.17) is 9.88 Å². The summed E-state index contributed by atoms with van der Waals surface area (Å²) in [6.07, 6.45) is 0. The normalized spacial score (nSPS) is 11.6. The van der Waals surface area contributed by atoms with E-state index in [1.165, 1.54) is 36.4 Å². The maximum absolute atomic E-state index is 12.5. The minimum atomic E-state index is -4.47. The molecule has 0 saturated carbocycles. The van der Waals surface area contributed by atoms with E-state index >= 15 is 0 Å². The maximum atomic E-state index is 12.5. The SMILES string of the molecule is NS(=O)(=O)c1ccccc1S(=O)(=O)NC(=O)c1ccc(OCc2ccccc2)cc1. The van der Waals surface area contributed by atoms with Gasteiger partial charge < -0.3 is 4.74 Å². The Labute approximate surface area is 174 Å². The van der Waals surface area contributed by atoms with Crippen LogP contribution in [0.3, 0.4) is 0 Å². The number of nitrogens with two attached hydrogens (primary N) is 1. The molecule has 0 aliphatic heterocycles. The van der Waals surface area contributed by atoms with Gasteiger partial charge in [-0.25, -0.2) is 26.7 Å². The van der Waals surface area contributed by atoms with E-state index in [1.807, 2.05) is 35.1 Å². The van der Waals surface area contributed by atoms with Crippen LogP contribution in [0, 0.1) is 0 Å². The largest absolute Gasteiger partial charge is 0.489 e. The molecule has 0 heterocycles. The molecule has 1 amide bonds. The summed E-state index contributed by atoms with van der Waals surface area (Å²) >= 11 is 0. The van der Waals surface area contributed by atoms with Gasteiger partial charge in [0, 0.05) is 5.56 Å². The number of amides is 1. The van der Waals surface area contributed by atoms with Crippen LogP contribution in [-0.4, -0.2) is 22.7 Å². The molecule has 0 aliphatic carbocycles. The van der Waals surface area contributed by atoms with Gasteiger partial charge in [-0.05, 0) is 42.0 Å². The smallest absolute Gasteiger partial charge is 0.265 e. The van der Waals surface area contributed by atoms with Gasteiger partial charge >= 0.3 is 0 Å². The van der Waals surface area contributed by atoms with Crippen LogP contribution in [0.15, 0.2) is 88.7 Å². The summed E-state index contributed by atoms with van der Waals surface area (Å²) in [5.74, 6) is -0.424. The molecule has 0 saturated heterocycles. The molecule has 0 bridgehead atoms. The first-order valence-electron chi connectivity index (χ1n) is 8.62. The minimum Gasteiger partial charge on any atom is -0.489 e. The molecule has 0 spiro atoms. The molecule has 156 valence electrons. The Hall–Kier alpha value is -3.21. The van der Waals surface area contributed by atoms with Crippen LogP contribution in [-0.2, 0) is 26.7 Å². The van der Waals surface area contributed by atoms with Crippen molar-refractivity contribution in [2.45, 2.75) is 16.4 Å². The molecule has 0 radical (unpaired) electrons. The van der Waals surface area contributed by atoms with Gasteiger partial charge in [0.15, 0.2) is 0 Å². The summed E-state index contributed by atoms with van der Waals surface area (Å²) in [4.78, 5) is 11.2. The van der Waals surface area contributed by atoms with Gasteiger partial charge in [0.25, 0.3) is 15.9 Å². The number of carbonyl (C=O) groups excluding carboxylic acids is 1. The summed E-state index contributed by atoms with van der Waals surface area (Å²) < 4.78 is 55.8. The molecule has 0 atom stereocenters. The lowest BCUT2D eigenvalue weighted by Crippen LogP contribution is -2.32. The van der Waals surface area contributed by atoms with E-state index < -0.39 is 35.7 Å². The van der Waals surface area contributed by atoms with E-state index in [2.05, 4.69) is 0 Å². The van der Waals surface area contributed by atoms with Crippen LogP contribution >= 0.6 is 0 Å². The number of nitrogens with one attached hydrogen (secondary N) is 1. The van der Waals surface area contributed by atoms with Gasteiger partial charge in [-0.3, -0.25) is 4.79 Å². The first kappa shape index (κ1) is 21.5. The fraction of sp³-hybridized carbons (Fsp3) is 0.0500. The third kappa shape index (κ3) is 5.23. The molecule has 0 unspecified atom stereocenters. The fourth-order valence-electron chi connectivity index (χ4n) is 2.59. The van der Waals surface area contributed by atoms with Crippen LogP contribution in [0.2, 0.25) is 0 Å². The molecule has 10 heteroatoms. The second kappa shape index (κ2) is 8.66. The second-order valence-electron chi connectivity index (χ2n) is 6.23.